The summed E-state index contributed by atoms with van der Waals surface area (Å²) in [5.41, 5.74) is 2.16. The summed E-state index contributed by atoms with van der Waals surface area (Å²) < 4.78 is 0. The van der Waals surface area contributed by atoms with Gasteiger partial charge in [-0.25, -0.2) is 5.10 Å². The van der Waals surface area contributed by atoms with E-state index in [1.807, 2.05) is 48.5 Å². The topological polar surface area (TPSA) is 65.6 Å². The van der Waals surface area contributed by atoms with Gasteiger partial charge in [-0.15, -0.1) is 5.10 Å². The third kappa shape index (κ3) is 3.14. The summed E-state index contributed by atoms with van der Waals surface area (Å²) in [6, 6.07) is 20.0. The number of benzene rings is 2. The van der Waals surface area contributed by atoms with Crippen molar-refractivity contribution in [2.24, 2.45) is 0 Å². The molecular formula is C15H15N5. The molecule has 0 amide bonds. The van der Waals surface area contributed by atoms with Crippen LogP contribution in [-0.2, 0) is 6.54 Å². The van der Waals surface area contributed by atoms with Crippen LogP contribution in [0.5, 0.6) is 0 Å². The van der Waals surface area contributed by atoms with E-state index < -0.39 is 0 Å². The highest BCUT2D eigenvalue weighted by Gasteiger charge is 2.02. The Morgan fingerprint density at radius 2 is 1.60 bits per heavy atom. The van der Waals surface area contributed by atoms with Crippen molar-refractivity contribution >= 4 is 17.6 Å². The molecule has 0 atom stereocenters. The van der Waals surface area contributed by atoms with Crippen molar-refractivity contribution in [2.75, 3.05) is 10.6 Å². The number of nitrogens with zero attached hydrogens (tertiary/aromatic N) is 2. The van der Waals surface area contributed by atoms with E-state index in [0.29, 0.717) is 18.4 Å². The predicted molar refractivity (Wildman–Crippen MR) is 79.9 cm³/mol. The van der Waals surface area contributed by atoms with Crippen molar-refractivity contribution in [3.8, 4) is 0 Å². The van der Waals surface area contributed by atoms with E-state index in [4.69, 9.17) is 0 Å². The molecule has 0 aliphatic rings. The van der Waals surface area contributed by atoms with Gasteiger partial charge in [-0.2, -0.15) is 4.98 Å². The van der Waals surface area contributed by atoms with Gasteiger partial charge in [0.25, 0.3) is 0 Å². The van der Waals surface area contributed by atoms with Gasteiger partial charge in [-0.05, 0) is 17.7 Å². The molecule has 2 aromatic carbocycles. The van der Waals surface area contributed by atoms with E-state index in [-0.39, 0.29) is 0 Å². The van der Waals surface area contributed by atoms with Crippen LogP contribution in [0.25, 0.3) is 0 Å². The maximum Gasteiger partial charge on any atom is 0.243 e. The normalized spacial score (nSPS) is 10.2. The second kappa shape index (κ2) is 5.88. The van der Waals surface area contributed by atoms with E-state index in [2.05, 4.69) is 37.9 Å². The molecule has 0 aliphatic carbocycles. The third-order valence-electron chi connectivity index (χ3n) is 2.82. The maximum atomic E-state index is 4.33. The summed E-state index contributed by atoms with van der Waals surface area (Å²) in [5, 5.41) is 13.3. The molecule has 0 fully saturated rings. The van der Waals surface area contributed by atoms with Gasteiger partial charge in [0.05, 0.1) is 0 Å². The first-order chi connectivity index (χ1) is 9.90. The highest BCUT2D eigenvalue weighted by Crippen LogP contribution is 2.13. The highest BCUT2D eigenvalue weighted by atomic mass is 15.3. The third-order valence-corrected chi connectivity index (χ3v) is 2.82. The molecule has 1 heterocycles. The monoisotopic (exact) mass is 265 g/mol. The Labute approximate surface area is 117 Å². The lowest BCUT2D eigenvalue weighted by atomic mass is 10.2. The van der Waals surface area contributed by atoms with Crippen molar-refractivity contribution in [3.05, 3.63) is 66.2 Å². The van der Waals surface area contributed by atoms with Crippen molar-refractivity contribution in [2.45, 2.75) is 6.54 Å². The van der Waals surface area contributed by atoms with Gasteiger partial charge in [0.2, 0.25) is 11.9 Å². The molecule has 0 spiro atoms. The first-order valence-corrected chi connectivity index (χ1v) is 6.42. The molecule has 3 rings (SSSR count). The maximum absolute atomic E-state index is 4.33. The Morgan fingerprint density at radius 3 is 2.35 bits per heavy atom. The van der Waals surface area contributed by atoms with Gasteiger partial charge in [0.15, 0.2) is 0 Å². The Kier molecular flexibility index (Phi) is 3.59. The van der Waals surface area contributed by atoms with E-state index in [1.54, 1.807) is 0 Å². The molecule has 0 radical (unpaired) electrons. The molecule has 1 aromatic heterocycles. The summed E-state index contributed by atoms with van der Waals surface area (Å²) in [5.74, 6) is 1.19. The van der Waals surface area contributed by atoms with Crippen LogP contribution < -0.4 is 10.6 Å². The molecular weight excluding hydrogens is 250 g/mol. The summed E-state index contributed by atoms with van der Waals surface area (Å²) in [6.45, 7) is 0.698. The van der Waals surface area contributed by atoms with Crippen LogP contribution in [0, 0.1) is 0 Å². The van der Waals surface area contributed by atoms with E-state index in [0.717, 1.165) is 5.69 Å². The Bertz CT molecular complexity index is 648. The van der Waals surface area contributed by atoms with Gasteiger partial charge < -0.3 is 10.6 Å². The van der Waals surface area contributed by atoms with Crippen LogP contribution in [0.15, 0.2) is 60.7 Å². The Hall–Kier alpha value is -2.82. The number of H-pyrrole nitrogens is 1. The molecule has 0 unspecified atom stereocenters. The number of hydrogen-bond donors (Lipinski definition) is 3. The fourth-order valence-electron chi connectivity index (χ4n) is 1.83. The molecule has 0 saturated heterocycles. The standard InChI is InChI=1S/C15H15N5/c1-3-7-12(8-4-1)11-16-14-18-15(20-19-14)17-13-9-5-2-6-10-13/h1-10H,11H2,(H3,16,17,18,19,20). The van der Waals surface area contributed by atoms with Crippen LogP contribution in [-0.4, -0.2) is 15.2 Å². The number of para-hydroxylation sites is 1. The SMILES string of the molecule is c1ccc(CNc2n[nH]c(Nc3ccccc3)n2)cc1. The number of aromatic amines is 1. The summed E-state index contributed by atoms with van der Waals surface area (Å²) in [4.78, 5) is 4.33. The smallest absolute Gasteiger partial charge is 0.243 e. The van der Waals surface area contributed by atoms with Crippen LogP contribution in [0.3, 0.4) is 0 Å². The number of rotatable bonds is 5. The molecule has 5 heteroatoms. The van der Waals surface area contributed by atoms with Crippen LogP contribution in [0.2, 0.25) is 0 Å². The molecule has 3 N–H and O–H groups in total. The van der Waals surface area contributed by atoms with Gasteiger partial charge in [-0.1, -0.05) is 48.5 Å². The van der Waals surface area contributed by atoms with Gasteiger partial charge in [0.1, 0.15) is 0 Å². The van der Waals surface area contributed by atoms with Crippen molar-refractivity contribution in [1.82, 2.24) is 15.2 Å². The van der Waals surface area contributed by atoms with E-state index in [9.17, 15) is 0 Å². The lowest BCUT2D eigenvalue weighted by molar-refractivity contribution is 1.04. The van der Waals surface area contributed by atoms with Crippen molar-refractivity contribution < 1.29 is 0 Å². The fraction of sp³-hybridized carbons (Fsp3) is 0.0667. The minimum atomic E-state index is 0.576. The first kappa shape index (κ1) is 12.2. The summed E-state index contributed by atoms with van der Waals surface area (Å²) in [7, 11) is 0. The average molecular weight is 265 g/mol. The molecule has 100 valence electrons. The van der Waals surface area contributed by atoms with Crippen LogP contribution in [0.1, 0.15) is 5.56 Å². The van der Waals surface area contributed by atoms with Crippen LogP contribution in [0.4, 0.5) is 17.6 Å². The number of anilines is 3. The van der Waals surface area contributed by atoms with Crippen molar-refractivity contribution in [1.29, 1.82) is 0 Å². The second-order valence-corrected chi connectivity index (χ2v) is 4.34. The first-order valence-electron chi connectivity index (χ1n) is 6.42. The number of nitrogens with one attached hydrogen (secondary N) is 3. The zero-order chi connectivity index (χ0) is 13.6. The molecule has 20 heavy (non-hydrogen) atoms. The molecule has 0 aliphatic heterocycles. The molecule has 0 saturated carbocycles. The predicted octanol–water partition coefficient (Wildman–Crippen LogP) is 3.16. The number of hydrogen-bond acceptors (Lipinski definition) is 4. The quantitative estimate of drug-likeness (QED) is 0.663. The Balaban J connectivity index is 1.60. The minimum absolute atomic E-state index is 0.576. The minimum Gasteiger partial charge on any atom is -0.349 e. The zero-order valence-electron chi connectivity index (χ0n) is 10.9. The van der Waals surface area contributed by atoms with Crippen molar-refractivity contribution in [3.63, 3.8) is 0 Å². The van der Waals surface area contributed by atoms with Crippen LogP contribution >= 0.6 is 0 Å². The van der Waals surface area contributed by atoms with E-state index in [1.165, 1.54) is 5.56 Å². The zero-order valence-corrected chi connectivity index (χ0v) is 10.9. The average Bonchev–Trinajstić information content (AvgIpc) is 2.95. The fourth-order valence-corrected chi connectivity index (χ4v) is 1.83. The van der Waals surface area contributed by atoms with Gasteiger partial charge in [0, 0.05) is 12.2 Å². The van der Waals surface area contributed by atoms with Gasteiger partial charge >= 0.3 is 0 Å². The summed E-state index contributed by atoms with van der Waals surface area (Å²) >= 11 is 0. The Morgan fingerprint density at radius 1 is 0.900 bits per heavy atom. The highest BCUT2D eigenvalue weighted by molar-refractivity contribution is 5.53. The molecule has 5 nitrogen and oxygen atoms in total. The van der Waals surface area contributed by atoms with E-state index >= 15 is 0 Å². The second-order valence-electron chi connectivity index (χ2n) is 4.34. The largest absolute Gasteiger partial charge is 0.349 e. The van der Waals surface area contributed by atoms with Gasteiger partial charge in [-0.3, -0.25) is 0 Å². The lowest BCUT2D eigenvalue weighted by Crippen LogP contribution is -2.00. The summed E-state index contributed by atoms with van der Waals surface area (Å²) in [6.07, 6.45) is 0. The molecule has 0 bridgehead atoms. The molecule has 3 aromatic rings. The number of aromatic nitrogens is 3. The lowest BCUT2D eigenvalue weighted by Gasteiger charge is -2.01.